The molecule has 170 valence electrons. The smallest absolute Gasteiger partial charge is 0.259 e. The Balaban J connectivity index is 1.55. The molecule has 0 saturated carbocycles. The van der Waals surface area contributed by atoms with Crippen LogP contribution in [-0.2, 0) is 6.42 Å². The van der Waals surface area contributed by atoms with E-state index in [2.05, 4.69) is 10.1 Å². The van der Waals surface area contributed by atoms with Gasteiger partial charge in [0, 0.05) is 25.4 Å². The van der Waals surface area contributed by atoms with Crippen molar-refractivity contribution in [1.82, 2.24) is 19.5 Å². The quantitative estimate of drug-likeness (QED) is 0.367. The van der Waals surface area contributed by atoms with Crippen LogP contribution in [0.1, 0.15) is 15.9 Å². The summed E-state index contributed by atoms with van der Waals surface area (Å²) in [6.45, 7) is 0.512. The fourth-order valence-corrected chi connectivity index (χ4v) is 3.85. The van der Waals surface area contributed by atoms with Gasteiger partial charge < -0.3 is 14.4 Å². The van der Waals surface area contributed by atoms with Crippen LogP contribution in [0, 0.1) is 0 Å². The van der Waals surface area contributed by atoms with Crippen molar-refractivity contribution in [1.29, 1.82) is 0 Å². The van der Waals surface area contributed by atoms with Crippen molar-refractivity contribution in [3.8, 4) is 22.8 Å². The molecule has 0 N–H and O–H groups in total. The molecule has 0 bridgehead atoms. The number of carbonyl (C=O) groups excluding carboxylic acids is 1. The maximum Gasteiger partial charge on any atom is 0.259 e. The highest BCUT2D eigenvalue weighted by atomic mass is 35.5. The molecule has 0 spiro atoms. The highest BCUT2D eigenvalue weighted by molar-refractivity contribution is 6.42. The SMILES string of the molecule is COc1ccc(CCN(C)C(=O)c2cnn3c(-c4ccc(Cl)c(Cl)c4)ccnc23)cc1OC. The number of rotatable bonds is 7. The lowest BCUT2D eigenvalue weighted by molar-refractivity contribution is 0.0798. The maximum atomic E-state index is 13.2. The summed E-state index contributed by atoms with van der Waals surface area (Å²) in [5.74, 6) is 1.16. The molecule has 9 heteroatoms. The van der Waals surface area contributed by atoms with E-state index in [0.29, 0.717) is 45.7 Å². The maximum absolute atomic E-state index is 13.2. The topological polar surface area (TPSA) is 69.0 Å². The highest BCUT2D eigenvalue weighted by Gasteiger charge is 2.20. The molecule has 0 aliphatic rings. The van der Waals surface area contributed by atoms with Crippen molar-refractivity contribution < 1.29 is 14.3 Å². The van der Waals surface area contributed by atoms with Crippen molar-refractivity contribution in [2.75, 3.05) is 27.8 Å². The second-order valence-electron chi connectivity index (χ2n) is 7.42. The Morgan fingerprint density at radius 1 is 1.03 bits per heavy atom. The molecule has 0 aliphatic carbocycles. The number of ether oxygens (including phenoxy) is 2. The zero-order chi connectivity index (χ0) is 23.5. The molecule has 0 radical (unpaired) electrons. The van der Waals surface area contributed by atoms with Crippen LogP contribution in [0.15, 0.2) is 54.9 Å². The molecule has 0 fully saturated rings. The van der Waals surface area contributed by atoms with Gasteiger partial charge in [0.05, 0.1) is 36.2 Å². The first-order valence-corrected chi connectivity index (χ1v) is 10.9. The first-order chi connectivity index (χ1) is 15.9. The largest absolute Gasteiger partial charge is 0.493 e. The normalized spacial score (nSPS) is 10.9. The summed E-state index contributed by atoms with van der Waals surface area (Å²) in [7, 11) is 4.96. The summed E-state index contributed by atoms with van der Waals surface area (Å²) in [4.78, 5) is 19.2. The van der Waals surface area contributed by atoms with Crippen LogP contribution in [0.4, 0.5) is 0 Å². The van der Waals surface area contributed by atoms with Crippen LogP contribution in [0.3, 0.4) is 0 Å². The number of likely N-dealkylation sites (N-methyl/N-ethyl adjacent to an activating group) is 1. The number of aromatic nitrogens is 3. The summed E-state index contributed by atoms with van der Waals surface area (Å²) in [6.07, 6.45) is 3.84. The van der Waals surface area contributed by atoms with Gasteiger partial charge in [-0.15, -0.1) is 0 Å². The van der Waals surface area contributed by atoms with Gasteiger partial charge >= 0.3 is 0 Å². The van der Waals surface area contributed by atoms with Gasteiger partial charge in [0.25, 0.3) is 5.91 Å². The van der Waals surface area contributed by atoms with Crippen LogP contribution in [0.5, 0.6) is 11.5 Å². The zero-order valence-corrected chi connectivity index (χ0v) is 19.9. The first kappa shape index (κ1) is 22.9. The van der Waals surface area contributed by atoms with Crippen LogP contribution in [0.2, 0.25) is 10.0 Å². The minimum atomic E-state index is -0.163. The third-order valence-electron chi connectivity index (χ3n) is 5.38. The van der Waals surface area contributed by atoms with Gasteiger partial charge in [-0.3, -0.25) is 4.79 Å². The van der Waals surface area contributed by atoms with E-state index in [1.807, 2.05) is 30.3 Å². The monoisotopic (exact) mass is 484 g/mol. The minimum Gasteiger partial charge on any atom is -0.493 e. The molecule has 0 saturated heterocycles. The molecule has 0 atom stereocenters. The van der Waals surface area contributed by atoms with Gasteiger partial charge in [-0.1, -0.05) is 35.3 Å². The van der Waals surface area contributed by atoms with Crippen molar-refractivity contribution in [3.05, 3.63) is 76.0 Å². The molecule has 33 heavy (non-hydrogen) atoms. The molecule has 7 nitrogen and oxygen atoms in total. The van der Waals surface area contributed by atoms with E-state index in [9.17, 15) is 4.79 Å². The number of amides is 1. The molecular formula is C24H22Cl2N4O3. The Morgan fingerprint density at radius 3 is 2.55 bits per heavy atom. The standard InChI is InChI=1S/C24H22Cl2N4O3/c1-29(11-9-15-4-7-21(32-2)22(12-15)33-3)24(31)17-14-28-30-20(8-10-27-23(17)30)16-5-6-18(25)19(26)13-16/h4-8,10,12-14H,9,11H2,1-3H3. The highest BCUT2D eigenvalue weighted by Crippen LogP contribution is 2.29. The average Bonchev–Trinajstić information content (AvgIpc) is 3.27. The van der Waals surface area contributed by atoms with Crippen LogP contribution >= 0.6 is 23.2 Å². The number of hydrogen-bond acceptors (Lipinski definition) is 5. The van der Waals surface area contributed by atoms with Gasteiger partial charge in [0.1, 0.15) is 5.56 Å². The fraction of sp³-hybridized carbons (Fsp3) is 0.208. The summed E-state index contributed by atoms with van der Waals surface area (Å²) in [6, 6.07) is 12.9. The first-order valence-electron chi connectivity index (χ1n) is 10.2. The lowest BCUT2D eigenvalue weighted by Gasteiger charge is -2.17. The molecule has 2 aromatic heterocycles. The van der Waals surface area contributed by atoms with Gasteiger partial charge in [0.15, 0.2) is 17.1 Å². The zero-order valence-electron chi connectivity index (χ0n) is 18.4. The summed E-state index contributed by atoms with van der Waals surface area (Å²) in [5.41, 5.74) is 3.51. The van der Waals surface area contributed by atoms with E-state index < -0.39 is 0 Å². The van der Waals surface area contributed by atoms with E-state index in [1.165, 1.54) is 0 Å². The molecule has 2 heterocycles. The van der Waals surface area contributed by atoms with Crippen LogP contribution < -0.4 is 9.47 Å². The third-order valence-corrected chi connectivity index (χ3v) is 6.12. The third kappa shape index (κ3) is 4.60. The summed E-state index contributed by atoms with van der Waals surface area (Å²) in [5, 5.41) is 5.32. The second-order valence-corrected chi connectivity index (χ2v) is 8.23. The molecule has 0 aliphatic heterocycles. The van der Waals surface area contributed by atoms with Crippen molar-refractivity contribution in [2.45, 2.75) is 6.42 Å². The van der Waals surface area contributed by atoms with Gasteiger partial charge in [-0.2, -0.15) is 5.10 Å². The fourth-order valence-electron chi connectivity index (χ4n) is 3.56. The number of carbonyl (C=O) groups is 1. The number of methoxy groups -OCH3 is 2. The Kier molecular flexibility index (Phi) is 6.72. The van der Waals surface area contributed by atoms with E-state index >= 15 is 0 Å². The summed E-state index contributed by atoms with van der Waals surface area (Å²) < 4.78 is 12.3. The second kappa shape index (κ2) is 9.68. The van der Waals surface area contributed by atoms with Crippen LogP contribution in [-0.4, -0.2) is 53.2 Å². The van der Waals surface area contributed by atoms with Gasteiger partial charge in [-0.05, 0) is 42.3 Å². The number of halogens is 2. The van der Waals surface area contributed by atoms with Crippen molar-refractivity contribution in [3.63, 3.8) is 0 Å². The molecule has 0 unspecified atom stereocenters. The van der Waals surface area contributed by atoms with Crippen molar-refractivity contribution >= 4 is 34.8 Å². The molecule has 4 rings (SSSR count). The molecular weight excluding hydrogens is 463 g/mol. The van der Waals surface area contributed by atoms with E-state index in [4.69, 9.17) is 32.7 Å². The molecule has 2 aromatic carbocycles. The Labute approximate surface area is 201 Å². The van der Waals surface area contributed by atoms with Gasteiger partial charge in [-0.25, -0.2) is 9.50 Å². The van der Waals surface area contributed by atoms with Crippen LogP contribution in [0.25, 0.3) is 16.9 Å². The predicted molar refractivity (Wildman–Crippen MR) is 129 cm³/mol. The van der Waals surface area contributed by atoms with Crippen molar-refractivity contribution in [2.24, 2.45) is 0 Å². The number of fused-ring (bicyclic) bond motifs is 1. The summed E-state index contributed by atoms with van der Waals surface area (Å²) >= 11 is 12.2. The Hall–Kier alpha value is -3.29. The molecule has 4 aromatic rings. The van der Waals surface area contributed by atoms with Gasteiger partial charge in [0.2, 0.25) is 0 Å². The molecule has 1 amide bonds. The number of benzene rings is 2. The van der Waals surface area contributed by atoms with E-state index in [1.54, 1.807) is 55.2 Å². The lowest BCUT2D eigenvalue weighted by Crippen LogP contribution is -2.28. The number of nitrogens with zero attached hydrogens (tertiary/aromatic N) is 4. The number of hydrogen-bond donors (Lipinski definition) is 0. The van der Waals surface area contributed by atoms with E-state index in [0.717, 1.165) is 16.8 Å². The Morgan fingerprint density at radius 2 is 1.82 bits per heavy atom. The minimum absolute atomic E-state index is 0.163. The lowest BCUT2D eigenvalue weighted by atomic mass is 10.1. The average molecular weight is 485 g/mol. The predicted octanol–water partition coefficient (Wildman–Crippen LogP) is 5.04. The Bertz CT molecular complexity index is 1320. The van der Waals surface area contributed by atoms with E-state index in [-0.39, 0.29) is 5.91 Å².